The highest BCUT2D eigenvalue weighted by Crippen LogP contribution is 2.16. The second kappa shape index (κ2) is 8.48. The Labute approximate surface area is 130 Å². The van der Waals surface area contributed by atoms with Crippen molar-refractivity contribution in [2.75, 3.05) is 11.9 Å². The van der Waals surface area contributed by atoms with Gasteiger partial charge in [0.2, 0.25) is 5.91 Å². The van der Waals surface area contributed by atoms with Crippen LogP contribution in [0.1, 0.15) is 44.0 Å². The first-order chi connectivity index (χ1) is 10.3. The first kappa shape index (κ1) is 18.1. The molecule has 0 saturated carbocycles. The van der Waals surface area contributed by atoms with Crippen LogP contribution in [0.2, 0.25) is 0 Å². The summed E-state index contributed by atoms with van der Waals surface area (Å²) in [6.07, 6.45) is 0.969. The smallest absolute Gasteiger partial charge is 0.251 e. The molecule has 0 saturated heterocycles. The van der Waals surface area contributed by atoms with Crippen molar-refractivity contribution < 1.29 is 14.0 Å². The Morgan fingerprint density at radius 2 is 1.95 bits per heavy atom. The van der Waals surface area contributed by atoms with E-state index in [0.29, 0.717) is 19.4 Å². The third-order valence-electron chi connectivity index (χ3n) is 2.98. The van der Waals surface area contributed by atoms with Crippen molar-refractivity contribution in [3.05, 3.63) is 29.6 Å². The highest BCUT2D eigenvalue weighted by molar-refractivity contribution is 5.95. The lowest BCUT2D eigenvalue weighted by molar-refractivity contribution is -0.116. The largest absolute Gasteiger partial charge is 0.352 e. The number of nitrogens with one attached hydrogen (secondary N) is 2. The van der Waals surface area contributed by atoms with Gasteiger partial charge < -0.3 is 16.4 Å². The van der Waals surface area contributed by atoms with Gasteiger partial charge in [-0.15, -0.1) is 0 Å². The predicted molar refractivity (Wildman–Crippen MR) is 85.1 cm³/mol. The fourth-order valence-corrected chi connectivity index (χ4v) is 1.85. The van der Waals surface area contributed by atoms with E-state index in [9.17, 15) is 14.0 Å². The minimum Gasteiger partial charge on any atom is -0.352 e. The number of hydrogen-bond donors (Lipinski definition) is 3. The number of anilines is 1. The van der Waals surface area contributed by atoms with Crippen molar-refractivity contribution in [2.24, 2.45) is 11.7 Å². The molecule has 1 aromatic rings. The molecule has 6 heteroatoms. The summed E-state index contributed by atoms with van der Waals surface area (Å²) >= 11 is 0. The van der Waals surface area contributed by atoms with E-state index < -0.39 is 5.82 Å². The molecule has 0 bridgehead atoms. The fraction of sp³-hybridized carbons (Fsp3) is 0.500. The van der Waals surface area contributed by atoms with Gasteiger partial charge in [-0.25, -0.2) is 4.39 Å². The molecule has 0 fully saturated rings. The van der Waals surface area contributed by atoms with Crippen LogP contribution in [0.5, 0.6) is 0 Å². The summed E-state index contributed by atoms with van der Waals surface area (Å²) in [5, 5.41) is 5.17. The lowest BCUT2D eigenvalue weighted by Gasteiger charge is -2.10. The van der Waals surface area contributed by atoms with Crippen LogP contribution in [-0.2, 0) is 4.79 Å². The van der Waals surface area contributed by atoms with E-state index in [4.69, 9.17) is 5.73 Å². The third kappa shape index (κ3) is 6.22. The third-order valence-corrected chi connectivity index (χ3v) is 2.98. The first-order valence-electron chi connectivity index (χ1n) is 7.42. The van der Waals surface area contributed by atoms with Gasteiger partial charge in [0, 0.05) is 24.6 Å². The average molecular weight is 309 g/mol. The number of hydrogen-bond acceptors (Lipinski definition) is 3. The summed E-state index contributed by atoms with van der Waals surface area (Å²) in [6.45, 7) is 6.10. The van der Waals surface area contributed by atoms with Crippen molar-refractivity contribution >= 4 is 17.5 Å². The van der Waals surface area contributed by atoms with Crippen molar-refractivity contribution in [3.8, 4) is 0 Å². The lowest BCUT2D eigenvalue weighted by atomic mass is 10.1. The highest BCUT2D eigenvalue weighted by Gasteiger charge is 2.12. The van der Waals surface area contributed by atoms with Gasteiger partial charge in [-0.05, 0) is 37.5 Å². The molecular weight excluding hydrogens is 285 g/mol. The molecule has 5 nitrogen and oxygen atoms in total. The Balaban J connectivity index is 2.64. The molecule has 0 spiro atoms. The number of halogens is 1. The van der Waals surface area contributed by atoms with Crippen LogP contribution in [0, 0.1) is 11.7 Å². The summed E-state index contributed by atoms with van der Waals surface area (Å²) in [6, 6.07) is 3.99. The number of nitrogens with two attached hydrogens (primary N) is 1. The summed E-state index contributed by atoms with van der Waals surface area (Å²) in [7, 11) is 0. The summed E-state index contributed by atoms with van der Waals surface area (Å²) in [5.41, 5.74) is 5.88. The molecule has 0 heterocycles. The second-order valence-corrected chi connectivity index (χ2v) is 5.86. The number of carbonyl (C=O) groups excluding carboxylic acids is 2. The Kier molecular flexibility index (Phi) is 6.98. The second-order valence-electron chi connectivity index (χ2n) is 5.86. The maximum Gasteiger partial charge on any atom is 0.251 e. The van der Waals surface area contributed by atoms with E-state index in [1.54, 1.807) is 0 Å². The lowest BCUT2D eigenvalue weighted by Crippen LogP contribution is -2.29. The molecule has 0 aromatic heterocycles. The van der Waals surface area contributed by atoms with E-state index in [1.165, 1.54) is 12.1 Å². The van der Waals surface area contributed by atoms with E-state index in [0.717, 1.165) is 6.07 Å². The van der Waals surface area contributed by atoms with Crippen LogP contribution in [0.3, 0.4) is 0 Å². The molecule has 2 amide bonds. The van der Waals surface area contributed by atoms with Gasteiger partial charge in [-0.1, -0.05) is 13.8 Å². The van der Waals surface area contributed by atoms with E-state index >= 15 is 0 Å². The molecule has 1 unspecified atom stereocenters. The fourth-order valence-electron chi connectivity index (χ4n) is 1.85. The molecule has 4 N–H and O–H groups in total. The maximum atomic E-state index is 13.9. The minimum absolute atomic E-state index is 0.00409. The molecular formula is C16H24FN3O2. The molecule has 22 heavy (non-hydrogen) atoms. The van der Waals surface area contributed by atoms with Crippen LogP contribution in [-0.4, -0.2) is 24.4 Å². The topological polar surface area (TPSA) is 84.2 Å². The van der Waals surface area contributed by atoms with Crippen molar-refractivity contribution in [1.82, 2.24) is 5.32 Å². The molecule has 1 atom stereocenters. The van der Waals surface area contributed by atoms with Gasteiger partial charge in [0.05, 0.1) is 5.69 Å². The van der Waals surface area contributed by atoms with Gasteiger partial charge in [-0.3, -0.25) is 9.59 Å². The van der Waals surface area contributed by atoms with Gasteiger partial charge in [0.15, 0.2) is 0 Å². The number of benzene rings is 1. The first-order valence-corrected chi connectivity index (χ1v) is 7.42. The summed E-state index contributed by atoms with van der Waals surface area (Å²) < 4.78 is 13.9. The molecule has 0 aliphatic rings. The van der Waals surface area contributed by atoms with Crippen LogP contribution < -0.4 is 16.4 Å². The Hall–Kier alpha value is -1.95. The van der Waals surface area contributed by atoms with Crippen LogP contribution in [0.15, 0.2) is 18.2 Å². The SMILES string of the molecule is CC(C)CC(=O)Nc1ccc(C(=O)NCCC(C)N)cc1F. The number of amides is 2. The van der Waals surface area contributed by atoms with Crippen LogP contribution in [0.25, 0.3) is 0 Å². The highest BCUT2D eigenvalue weighted by atomic mass is 19.1. The van der Waals surface area contributed by atoms with Crippen molar-refractivity contribution in [2.45, 2.75) is 39.7 Å². The zero-order valence-corrected chi connectivity index (χ0v) is 13.3. The summed E-state index contributed by atoms with van der Waals surface area (Å²) in [4.78, 5) is 23.5. The zero-order valence-electron chi connectivity index (χ0n) is 13.3. The van der Waals surface area contributed by atoms with Gasteiger partial charge in [0.1, 0.15) is 5.82 Å². The quantitative estimate of drug-likeness (QED) is 0.722. The summed E-state index contributed by atoms with van der Waals surface area (Å²) in [5.74, 6) is -1.04. The Morgan fingerprint density at radius 3 is 2.50 bits per heavy atom. The molecule has 1 aromatic carbocycles. The van der Waals surface area contributed by atoms with E-state index in [1.807, 2.05) is 20.8 Å². The maximum absolute atomic E-state index is 13.9. The molecule has 1 rings (SSSR count). The monoisotopic (exact) mass is 309 g/mol. The number of carbonyl (C=O) groups is 2. The zero-order chi connectivity index (χ0) is 16.7. The van der Waals surface area contributed by atoms with Gasteiger partial charge in [0.25, 0.3) is 5.91 Å². The van der Waals surface area contributed by atoms with Crippen LogP contribution >= 0.6 is 0 Å². The normalized spacial score (nSPS) is 12.1. The van der Waals surface area contributed by atoms with Crippen molar-refractivity contribution in [3.63, 3.8) is 0 Å². The van der Waals surface area contributed by atoms with E-state index in [-0.39, 0.29) is 35.0 Å². The predicted octanol–water partition coefficient (Wildman–Crippen LogP) is 2.28. The number of rotatable bonds is 7. The molecule has 122 valence electrons. The Morgan fingerprint density at radius 1 is 1.27 bits per heavy atom. The van der Waals surface area contributed by atoms with Crippen LogP contribution in [0.4, 0.5) is 10.1 Å². The van der Waals surface area contributed by atoms with E-state index in [2.05, 4.69) is 10.6 Å². The van der Waals surface area contributed by atoms with Gasteiger partial charge >= 0.3 is 0 Å². The Bertz CT molecular complexity index is 530. The molecule has 0 aliphatic carbocycles. The molecule has 0 aliphatic heterocycles. The molecule has 0 radical (unpaired) electrons. The minimum atomic E-state index is -0.628. The average Bonchev–Trinajstić information content (AvgIpc) is 2.39. The van der Waals surface area contributed by atoms with Crippen molar-refractivity contribution in [1.29, 1.82) is 0 Å². The standard InChI is InChI=1S/C16H24FN3O2/c1-10(2)8-15(21)20-14-5-4-12(9-13(14)17)16(22)19-7-6-11(3)18/h4-5,9-11H,6-8,18H2,1-3H3,(H,19,22)(H,20,21). The van der Waals surface area contributed by atoms with Gasteiger partial charge in [-0.2, -0.15) is 0 Å².